The zero-order valence-electron chi connectivity index (χ0n) is 13.0. The van der Waals surface area contributed by atoms with Crippen LogP contribution in [0.15, 0.2) is 58.4 Å². The molecule has 2 rings (SSSR count). The van der Waals surface area contributed by atoms with E-state index in [4.69, 9.17) is 10.5 Å². The van der Waals surface area contributed by atoms with Crippen LogP contribution in [0.3, 0.4) is 0 Å². The van der Waals surface area contributed by atoms with Crippen LogP contribution in [0.2, 0.25) is 0 Å². The van der Waals surface area contributed by atoms with Crippen LogP contribution in [-0.4, -0.2) is 21.5 Å². The predicted molar refractivity (Wildman–Crippen MR) is 89.8 cm³/mol. The average Bonchev–Trinajstić information content (AvgIpc) is 2.53. The van der Waals surface area contributed by atoms with E-state index in [1.165, 1.54) is 12.1 Å². The van der Waals surface area contributed by atoms with Crippen LogP contribution < -0.4 is 15.2 Å². The lowest BCUT2D eigenvalue weighted by Gasteiger charge is -2.08. The maximum absolute atomic E-state index is 12.2. The molecule has 0 unspecified atom stereocenters. The van der Waals surface area contributed by atoms with E-state index in [0.717, 1.165) is 16.9 Å². The van der Waals surface area contributed by atoms with E-state index in [1.54, 1.807) is 31.4 Å². The standard InChI is InChI=1S/C16H19N3O3S/c1-12-3-9-15(10-4-12)23(20,21)19-16(17)18-11-13-5-7-14(22-2)8-6-13/h3-10H,11H2,1-2H3,(H3,17,18,19). The normalized spacial score (nSPS) is 12.0. The molecule has 2 aromatic rings. The molecule has 0 spiro atoms. The molecule has 0 aromatic heterocycles. The second-order valence-corrected chi connectivity index (χ2v) is 6.65. The zero-order chi connectivity index (χ0) is 16.9. The number of sulfonamides is 1. The Hall–Kier alpha value is -2.54. The summed E-state index contributed by atoms with van der Waals surface area (Å²) in [5.74, 6) is 0.590. The van der Waals surface area contributed by atoms with Crippen molar-refractivity contribution in [3.8, 4) is 5.75 Å². The Morgan fingerprint density at radius 2 is 1.74 bits per heavy atom. The Kier molecular flexibility index (Phi) is 5.23. The molecule has 0 aliphatic heterocycles. The number of nitrogens with one attached hydrogen (secondary N) is 1. The van der Waals surface area contributed by atoms with Gasteiger partial charge in [-0.1, -0.05) is 29.8 Å². The first-order chi connectivity index (χ1) is 10.9. The highest BCUT2D eigenvalue weighted by molar-refractivity contribution is 7.90. The minimum absolute atomic E-state index is 0.144. The van der Waals surface area contributed by atoms with Gasteiger partial charge >= 0.3 is 0 Å². The van der Waals surface area contributed by atoms with Crippen LogP contribution >= 0.6 is 0 Å². The highest BCUT2D eigenvalue weighted by Crippen LogP contribution is 2.12. The third kappa shape index (κ3) is 4.72. The van der Waals surface area contributed by atoms with E-state index in [9.17, 15) is 8.42 Å². The van der Waals surface area contributed by atoms with E-state index in [0.29, 0.717) is 0 Å². The first kappa shape index (κ1) is 16.8. The maximum Gasteiger partial charge on any atom is 0.264 e. The summed E-state index contributed by atoms with van der Waals surface area (Å²) in [5.41, 5.74) is 7.53. The lowest BCUT2D eigenvalue weighted by molar-refractivity contribution is 0.414. The molecule has 0 aliphatic carbocycles. The van der Waals surface area contributed by atoms with Crippen molar-refractivity contribution in [2.75, 3.05) is 7.11 Å². The number of hydrogen-bond acceptors (Lipinski definition) is 4. The second-order valence-electron chi connectivity index (χ2n) is 4.97. The molecule has 0 aliphatic rings. The summed E-state index contributed by atoms with van der Waals surface area (Å²) >= 11 is 0. The fourth-order valence-electron chi connectivity index (χ4n) is 1.85. The van der Waals surface area contributed by atoms with Crippen molar-refractivity contribution in [3.05, 3.63) is 59.7 Å². The van der Waals surface area contributed by atoms with E-state index in [1.807, 2.05) is 19.1 Å². The molecule has 0 atom stereocenters. The van der Waals surface area contributed by atoms with Gasteiger partial charge < -0.3 is 10.5 Å². The minimum Gasteiger partial charge on any atom is -0.497 e. The summed E-state index contributed by atoms with van der Waals surface area (Å²) in [6.45, 7) is 2.15. The Bertz CT molecular complexity index is 782. The van der Waals surface area contributed by atoms with Crippen LogP contribution in [-0.2, 0) is 16.6 Å². The molecule has 0 bridgehead atoms. The first-order valence-electron chi connectivity index (χ1n) is 6.93. The first-order valence-corrected chi connectivity index (χ1v) is 8.41. The Labute approximate surface area is 136 Å². The van der Waals surface area contributed by atoms with Crippen LogP contribution in [0.1, 0.15) is 11.1 Å². The summed E-state index contributed by atoms with van der Waals surface area (Å²) in [7, 11) is -2.13. The van der Waals surface area contributed by atoms with Gasteiger partial charge in [0.25, 0.3) is 10.0 Å². The molecule has 3 N–H and O–H groups in total. The van der Waals surface area contributed by atoms with Crippen LogP contribution in [0.25, 0.3) is 0 Å². The van der Waals surface area contributed by atoms with Crippen LogP contribution in [0, 0.1) is 6.92 Å². The molecular weight excluding hydrogens is 314 g/mol. The van der Waals surface area contributed by atoms with Gasteiger partial charge in [-0.15, -0.1) is 0 Å². The van der Waals surface area contributed by atoms with Gasteiger partial charge in [-0.2, -0.15) is 0 Å². The van der Waals surface area contributed by atoms with Gasteiger partial charge in [-0.3, -0.25) is 0 Å². The van der Waals surface area contributed by atoms with Crippen LogP contribution in [0.4, 0.5) is 0 Å². The fourth-order valence-corrected chi connectivity index (χ4v) is 2.81. The van der Waals surface area contributed by atoms with Gasteiger partial charge in [0.2, 0.25) is 5.96 Å². The van der Waals surface area contributed by atoms with Crippen molar-refractivity contribution in [2.24, 2.45) is 10.7 Å². The Balaban J connectivity index is 2.04. The zero-order valence-corrected chi connectivity index (χ0v) is 13.8. The summed E-state index contributed by atoms with van der Waals surface area (Å²) < 4.78 is 31.6. The van der Waals surface area contributed by atoms with E-state index in [2.05, 4.69) is 9.71 Å². The molecule has 6 nitrogen and oxygen atoms in total. The molecule has 23 heavy (non-hydrogen) atoms. The SMILES string of the molecule is COc1ccc(CN=C(N)NS(=O)(=O)c2ccc(C)cc2)cc1. The smallest absolute Gasteiger partial charge is 0.264 e. The Morgan fingerprint density at radius 3 is 2.30 bits per heavy atom. The van der Waals surface area contributed by atoms with Crippen molar-refractivity contribution in [2.45, 2.75) is 18.4 Å². The number of aryl methyl sites for hydroxylation is 1. The lowest BCUT2D eigenvalue weighted by atomic mass is 10.2. The molecule has 0 amide bonds. The van der Waals surface area contributed by atoms with Gasteiger partial charge in [0.1, 0.15) is 5.75 Å². The number of nitrogens with two attached hydrogens (primary N) is 1. The number of benzene rings is 2. The largest absolute Gasteiger partial charge is 0.497 e. The highest BCUT2D eigenvalue weighted by atomic mass is 32.2. The number of guanidine groups is 1. The summed E-state index contributed by atoms with van der Waals surface area (Å²) in [6.07, 6.45) is 0. The Morgan fingerprint density at radius 1 is 1.13 bits per heavy atom. The molecule has 0 fully saturated rings. The van der Waals surface area contributed by atoms with Gasteiger partial charge in [0.15, 0.2) is 0 Å². The third-order valence-electron chi connectivity index (χ3n) is 3.16. The lowest BCUT2D eigenvalue weighted by Crippen LogP contribution is -2.36. The van der Waals surface area contributed by atoms with E-state index in [-0.39, 0.29) is 17.4 Å². The third-order valence-corrected chi connectivity index (χ3v) is 4.53. The van der Waals surface area contributed by atoms with Crippen molar-refractivity contribution in [1.82, 2.24) is 4.72 Å². The van der Waals surface area contributed by atoms with Crippen molar-refractivity contribution >= 4 is 16.0 Å². The predicted octanol–water partition coefficient (Wildman–Crippen LogP) is 1.80. The molecule has 7 heteroatoms. The van der Waals surface area contributed by atoms with Crippen molar-refractivity contribution in [3.63, 3.8) is 0 Å². The molecule has 122 valence electrons. The van der Waals surface area contributed by atoms with Gasteiger partial charge in [-0.25, -0.2) is 18.1 Å². The van der Waals surface area contributed by atoms with E-state index < -0.39 is 10.0 Å². The minimum atomic E-state index is -3.72. The molecule has 0 radical (unpaired) electrons. The summed E-state index contributed by atoms with van der Waals surface area (Å²) in [6, 6.07) is 13.8. The molecule has 0 heterocycles. The van der Waals surface area contributed by atoms with E-state index >= 15 is 0 Å². The number of nitrogens with zero attached hydrogens (tertiary/aromatic N) is 1. The number of methoxy groups -OCH3 is 1. The van der Waals surface area contributed by atoms with Crippen LogP contribution in [0.5, 0.6) is 5.75 Å². The fraction of sp³-hybridized carbons (Fsp3) is 0.188. The molecule has 2 aromatic carbocycles. The van der Waals surface area contributed by atoms with Crippen molar-refractivity contribution in [1.29, 1.82) is 0 Å². The van der Waals surface area contributed by atoms with Gasteiger partial charge in [0, 0.05) is 0 Å². The average molecular weight is 333 g/mol. The number of rotatable bonds is 5. The van der Waals surface area contributed by atoms with Gasteiger partial charge in [-0.05, 0) is 36.8 Å². The van der Waals surface area contributed by atoms with Crippen molar-refractivity contribution < 1.29 is 13.2 Å². The second kappa shape index (κ2) is 7.15. The maximum atomic E-state index is 12.2. The molecule has 0 saturated carbocycles. The summed E-state index contributed by atoms with van der Waals surface area (Å²) in [5, 5.41) is 0. The molecular formula is C16H19N3O3S. The topological polar surface area (TPSA) is 93.8 Å². The molecule has 0 saturated heterocycles. The monoisotopic (exact) mass is 333 g/mol. The number of aliphatic imine (C=N–C) groups is 1. The highest BCUT2D eigenvalue weighted by Gasteiger charge is 2.14. The number of ether oxygens (including phenoxy) is 1. The number of hydrogen-bond donors (Lipinski definition) is 2. The summed E-state index contributed by atoms with van der Waals surface area (Å²) in [4.78, 5) is 4.19. The quantitative estimate of drug-likeness (QED) is 0.644. The van der Waals surface area contributed by atoms with Gasteiger partial charge in [0.05, 0.1) is 18.6 Å².